The predicted molar refractivity (Wildman–Crippen MR) is 91.9 cm³/mol. The van der Waals surface area contributed by atoms with Crippen molar-refractivity contribution in [2.24, 2.45) is 10.7 Å². The lowest BCUT2D eigenvalue weighted by Gasteiger charge is -2.34. The van der Waals surface area contributed by atoms with E-state index in [0.29, 0.717) is 10.9 Å². The van der Waals surface area contributed by atoms with E-state index < -0.39 is 37.0 Å². The lowest BCUT2D eigenvalue weighted by molar-refractivity contribution is 0.458. The second kappa shape index (κ2) is 5.18. The number of aromatic nitrogens is 1. The molecule has 0 aliphatic carbocycles. The third-order valence-corrected chi connectivity index (χ3v) is 7.20. The Morgan fingerprint density at radius 2 is 2.00 bits per heavy atom. The molecular weight excluding hydrogens is 371 g/mol. The van der Waals surface area contributed by atoms with Crippen molar-refractivity contribution in [2.45, 2.75) is 17.5 Å². The van der Waals surface area contributed by atoms with Gasteiger partial charge >= 0.3 is 0 Å². The van der Waals surface area contributed by atoms with Gasteiger partial charge in [0.15, 0.2) is 9.84 Å². The Morgan fingerprint density at radius 3 is 2.56 bits per heavy atom. The van der Waals surface area contributed by atoms with Gasteiger partial charge in [0.1, 0.15) is 16.4 Å². The first kappa shape index (κ1) is 17.7. The molecule has 0 radical (unpaired) electrons. The van der Waals surface area contributed by atoms with Crippen molar-refractivity contribution < 1.29 is 21.2 Å². The first-order valence-corrected chi connectivity index (χ1v) is 10.7. The van der Waals surface area contributed by atoms with E-state index in [0.717, 1.165) is 16.6 Å². The van der Waals surface area contributed by atoms with Crippen LogP contribution in [0.5, 0.6) is 0 Å². The Bertz CT molecular complexity index is 1120. The van der Waals surface area contributed by atoms with Gasteiger partial charge in [-0.05, 0) is 25.1 Å². The van der Waals surface area contributed by atoms with Gasteiger partial charge < -0.3 is 10.7 Å². The fourth-order valence-corrected chi connectivity index (χ4v) is 4.91. The fraction of sp³-hybridized carbons (Fsp3) is 0.357. The van der Waals surface area contributed by atoms with Crippen LogP contribution in [0.1, 0.15) is 12.5 Å². The predicted octanol–water partition coefficient (Wildman–Crippen LogP) is 0.516. The second-order valence-corrected chi connectivity index (χ2v) is 10.3. The highest BCUT2D eigenvalue weighted by molar-refractivity contribution is 7.90. The zero-order chi connectivity index (χ0) is 18.8. The number of aromatic amines is 1. The minimum Gasteiger partial charge on any atom is -0.369 e. The van der Waals surface area contributed by atoms with Crippen molar-refractivity contribution in [3.05, 3.63) is 29.6 Å². The number of rotatable bonds is 2. The number of nitrogens with two attached hydrogens (primary N) is 1. The molecule has 25 heavy (non-hydrogen) atoms. The molecule has 1 aliphatic rings. The lowest BCUT2D eigenvalue weighted by atomic mass is 9.93. The summed E-state index contributed by atoms with van der Waals surface area (Å²) in [5, 5.41) is 0.307. The molecule has 136 valence electrons. The molecule has 1 aromatic heterocycles. The first-order chi connectivity index (χ1) is 11.3. The number of H-pyrrole nitrogens is 1. The number of nitrogens with one attached hydrogen (secondary N) is 1. The van der Waals surface area contributed by atoms with Crippen LogP contribution in [0.25, 0.3) is 10.9 Å². The summed E-state index contributed by atoms with van der Waals surface area (Å²) in [4.78, 5) is 6.86. The van der Waals surface area contributed by atoms with Gasteiger partial charge in [-0.2, -0.15) is 0 Å². The maximum absolute atomic E-state index is 14.6. The molecule has 1 atom stereocenters. The molecule has 1 aromatic carbocycles. The average molecular weight is 388 g/mol. The van der Waals surface area contributed by atoms with Crippen molar-refractivity contribution in [1.82, 2.24) is 9.29 Å². The topological polar surface area (TPSA) is 126 Å². The second-order valence-electron chi connectivity index (χ2n) is 6.29. The number of aliphatic imine (C=N–C) groups is 1. The van der Waals surface area contributed by atoms with Crippen LogP contribution in [-0.4, -0.2) is 51.1 Å². The number of sulfonamides is 1. The lowest BCUT2D eigenvalue weighted by Crippen LogP contribution is -2.50. The Kier molecular flexibility index (Phi) is 3.66. The van der Waals surface area contributed by atoms with E-state index in [-0.39, 0.29) is 16.5 Å². The average Bonchev–Trinajstić information content (AvgIpc) is 2.86. The van der Waals surface area contributed by atoms with E-state index >= 15 is 0 Å². The number of hydrogen-bond donors (Lipinski definition) is 2. The Balaban J connectivity index is 2.23. The largest absolute Gasteiger partial charge is 0.369 e. The maximum atomic E-state index is 14.6. The molecule has 0 bridgehead atoms. The van der Waals surface area contributed by atoms with Crippen LogP contribution in [0.15, 0.2) is 28.2 Å². The maximum Gasteiger partial charge on any atom is 0.239 e. The van der Waals surface area contributed by atoms with Gasteiger partial charge in [-0.3, -0.25) is 0 Å². The van der Waals surface area contributed by atoms with Gasteiger partial charge in [0.05, 0.1) is 5.75 Å². The Morgan fingerprint density at radius 1 is 1.36 bits per heavy atom. The van der Waals surface area contributed by atoms with Gasteiger partial charge in [0, 0.05) is 29.8 Å². The van der Waals surface area contributed by atoms with Crippen molar-refractivity contribution >= 4 is 36.7 Å². The molecule has 0 fully saturated rings. The van der Waals surface area contributed by atoms with Crippen LogP contribution in [0.3, 0.4) is 0 Å². The van der Waals surface area contributed by atoms with E-state index in [4.69, 9.17) is 5.73 Å². The van der Waals surface area contributed by atoms with Crippen molar-refractivity contribution in [1.29, 1.82) is 0 Å². The quantitative estimate of drug-likeness (QED) is 0.775. The highest BCUT2D eigenvalue weighted by atomic mass is 32.2. The third kappa shape index (κ3) is 2.86. The minimum absolute atomic E-state index is 0.0153. The SMILES string of the molecule is CN1C(N)=N[C@](C)(c2cc3[nH]c(S(C)(=O)=O)cc3cc2F)CS1(=O)=O. The van der Waals surface area contributed by atoms with Crippen LogP contribution in [0.2, 0.25) is 0 Å². The summed E-state index contributed by atoms with van der Waals surface area (Å²) in [6, 6.07) is 3.84. The molecule has 2 heterocycles. The third-order valence-electron chi connectivity index (χ3n) is 4.23. The standard InChI is InChI=1S/C14H17FN4O4S2/c1-14(7-25(22,23)19(2)13(16)18-14)9-6-11-8(4-10(9)15)5-12(17-11)24(3,20)21/h4-6,17H,7H2,1-3H3,(H2,16,18)/t14-/m0/s1. The number of guanidine groups is 1. The summed E-state index contributed by atoms with van der Waals surface area (Å²) in [6.07, 6.45) is 1.03. The number of sulfone groups is 1. The summed E-state index contributed by atoms with van der Waals surface area (Å²) in [5.41, 5.74) is 4.63. The summed E-state index contributed by atoms with van der Waals surface area (Å²) >= 11 is 0. The Labute approximate surface area is 144 Å². The molecule has 3 rings (SSSR count). The highest BCUT2D eigenvalue weighted by Gasteiger charge is 2.41. The summed E-state index contributed by atoms with van der Waals surface area (Å²) in [7, 11) is -5.97. The van der Waals surface area contributed by atoms with Crippen LogP contribution in [-0.2, 0) is 25.4 Å². The number of benzene rings is 1. The van der Waals surface area contributed by atoms with Crippen molar-refractivity contribution in [3.63, 3.8) is 0 Å². The smallest absolute Gasteiger partial charge is 0.239 e. The molecular formula is C14H17FN4O4S2. The van der Waals surface area contributed by atoms with Crippen LogP contribution < -0.4 is 5.73 Å². The molecule has 0 saturated carbocycles. The van der Waals surface area contributed by atoms with Gasteiger partial charge in [-0.25, -0.2) is 30.5 Å². The van der Waals surface area contributed by atoms with E-state index in [1.807, 2.05) is 0 Å². The molecule has 0 saturated heterocycles. The van der Waals surface area contributed by atoms with Gasteiger partial charge in [0.2, 0.25) is 16.0 Å². The molecule has 0 unspecified atom stereocenters. The van der Waals surface area contributed by atoms with Gasteiger partial charge in [-0.15, -0.1) is 0 Å². The van der Waals surface area contributed by atoms with Crippen molar-refractivity contribution in [3.8, 4) is 0 Å². The molecule has 0 spiro atoms. The van der Waals surface area contributed by atoms with E-state index in [2.05, 4.69) is 9.98 Å². The first-order valence-electron chi connectivity index (χ1n) is 7.18. The van der Waals surface area contributed by atoms with E-state index in [9.17, 15) is 21.2 Å². The zero-order valence-corrected chi connectivity index (χ0v) is 15.4. The summed E-state index contributed by atoms with van der Waals surface area (Å²) < 4.78 is 63.3. The number of nitrogens with zero attached hydrogens (tertiary/aromatic N) is 2. The van der Waals surface area contributed by atoms with E-state index in [1.165, 1.54) is 26.1 Å². The normalized spacial score (nSPS) is 23.7. The summed E-state index contributed by atoms with van der Waals surface area (Å²) in [6.45, 7) is 1.47. The fourth-order valence-electron chi connectivity index (χ4n) is 2.83. The molecule has 11 heteroatoms. The number of hydrogen-bond acceptors (Lipinski definition) is 6. The molecule has 3 N–H and O–H groups in total. The highest BCUT2D eigenvalue weighted by Crippen LogP contribution is 2.35. The van der Waals surface area contributed by atoms with Crippen molar-refractivity contribution in [2.75, 3.05) is 19.1 Å². The molecule has 8 nitrogen and oxygen atoms in total. The molecule has 1 aliphatic heterocycles. The minimum atomic E-state index is -3.75. The van der Waals surface area contributed by atoms with Crippen LogP contribution in [0.4, 0.5) is 4.39 Å². The number of halogens is 1. The number of fused-ring (bicyclic) bond motifs is 1. The van der Waals surface area contributed by atoms with Gasteiger partial charge in [-0.1, -0.05) is 0 Å². The zero-order valence-electron chi connectivity index (χ0n) is 13.7. The van der Waals surface area contributed by atoms with E-state index in [1.54, 1.807) is 0 Å². The van der Waals surface area contributed by atoms with Gasteiger partial charge in [0.25, 0.3) is 0 Å². The monoisotopic (exact) mass is 388 g/mol. The van der Waals surface area contributed by atoms with Crippen LogP contribution >= 0.6 is 0 Å². The molecule has 0 amide bonds. The van der Waals surface area contributed by atoms with Crippen LogP contribution in [0, 0.1) is 5.82 Å². The Hall–Kier alpha value is -2.14. The molecule has 2 aromatic rings. The summed E-state index contributed by atoms with van der Waals surface area (Å²) in [5.74, 6) is -1.39.